The van der Waals surface area contributed by atoms with Crippen LogP contribution in [0.2, 0.25) is 0 Å². The van der Waals surface area contributed by atoms with Crippen molar-refractivity contribution >= 4 is 0 Å². The van der Waals surface area contributed by atoms with E-state index < -0.39 is 0 Å². The Kier molecular flexibility index (Phi) is 3.23. The average Bonchev–Trinajstić information content (AvgIpc) is 2.05. The molecule has 1 rings (SSSR count). The maximum absolute atomic E-state index is 5.50. The van der Waals surface area contributed by atoms with Crippen molar-refractivity contribution in [1.29, 1.82) is 0 Å². The van der Waals surface area contributed by atoms with Crippen molar-refractivity contribution in [1.82, 2.24) is 4.98 Å². The van der Waals surface area contributed by atoms with Gasteiger partial charge in [-0.15, -0.1) is 0 Å². The Morgan fingerprint density at radius 3 is 2.83 bits per heavy atom. The van der Waals surface area contributed by atoms with Gasteiger partial charge in [0.05, 0.1) is 0 Å². The molecule has 0 spiro atoms. The van der Waals surface area contributed by atoms with E-state index in [9.17, 15) is 0 Å². The molecule has 0 saturated carbocycles. The number of aromatic nitrogens is 1. The SMILES string of the molecule is CC(C)c1ccncc1CCN. The summed E-state index contributed by atoms with van der Waals surface area (Å²) in [6.07, 6.45) is 4.69. The van der Waals surface area contributed by atoms with E-state index in [0.717, 1.165) is 6.42 Å². The first-order valence-electron chi connectivity index (χ1n) is 4.38. The van der Waals surface area contributed by atoms with Crippen LogP contribution in [-0.2, 0) is 6.42 Å². The summed E-state index contributed by atoms with van der Waals surface area (Å²) < 4.78 is 0. The molecule has 0 aliphatic heterocycles. The first kappa shape index (κ1) is 9.20. The fourth-order valence-corrected chi connectivity index (χ4v) is 1.37. The van der Waals surface area contributed by atoms with E-state index >= 15 is 0 Å². The first-order valence-corrected chi connectivity index (χ1v) is 4.38. The Morgan fingerprint density at radius 2 is 2.25 bits per heavy atom. The van der Waals surface area contributed by atoms with Gasteiger partial charge in [-0.2, -0.15) is 0 Å². The zero-order valence-corrected chi connectivity index (χ0v) is 7.75. The number of nitrogens with two attached hydrogens (primary N) is 1. The molecule has 12 heavy (non-hydrogen) atoms. The molecule has 2 nitrogen and oxygen atoms in total. The van der Waals surface area contributed by atoms with Gasteiger partial charge in [-0.25, -0.2) is 0 Å². The molecule has 0 amide bonds. The highest BCUT2D eigenvalue weighted by molar-refractivity contribution is 5.26. The van der Waals surface area contributed by atoms with Crippen LogP contribution in [0.5, 0.6) is 0 Å². The largest absolute Gasteiger partial charge is 0.330 e. The number of pyridine rings is 1. The Labute approximate surface area is 73.8 Å². The zero-order chi connectivity index (χ0) is 8.97. The van der Waals surface area contributed by atoms with E-state index in [1.54, 1.807) is 0 Å². The minimum absolute atomic E-state index is 0.564. The summed E-state index contributed by atoms with van der Waals surface area (Å²) in [6.45, 7) is 5.08. The van der Waals surface area contributed by atoms with E-state index in [1.807, 2.05) is 12.4 Å². The summed E-state index contributed by atoms with van der Waals surface area (Å²) in [6, 6.07) is 2.08. The minimum atomic E-state index is 0.564. The van der Waals surface area contributed by atoms with Gasteiger partial charge in [0.2, 0.25) is 0 Å². The van der Waals surface area contributed by atoms with E-state index in [1.165, 1.54) is 11.1 Å². The molecule has 1 aromatic heterocycles. The fourth-order valence-electron chi connectivity index (χ4n) is 1.37. The third kappa shape index (κ3) is 2.05. The highest BCUT2D eigenvalue weighted by Crippen LogP contribution is 2.17. The summed E-state index contributed by atoms with van der Waals surface area (Å²) in [5.41, 5.74) is 8.16. The summed E-state index contributed by atoms with van der Waals surface area (Å²) in [7, 11) is 0. The smallest absolute Gasteiger partial charge is 0.0303 e. The average molecular weight is 164 g/mol. The van der Waals surface area contributed by atoms with Gasteiger partial charge in [0.25, 0.3) is 0 Å². The monoisotopic (exact) mass is 164 g/mol. The molecule has 0 bridgehead atoms. The second-order valence-corrected chi connectivity index (χ2v) is 3.27. The van der Waals surface area contributed by atoms with E-state index in [-0.39, 0.29) is 0 Å². The van der Waals surface area contributed by atoms with Crippen LogP contribution in [0.4, 0.5) is 0 Å². The van der Waals surface area contributed by atoms with Crippen molar-refractivity contribution < 1.29 is 0 Å². The van der Waals surface area contributed by atoms with Crippen LogP contribution in [0.25, 0.3) is 0 Å². The van der Waals surface area contributed by atoms with Crippen molar-refractivity contribution in [3.63, 3.8) is 0 Å². The van der Waals surface area contributed by atoms with E-state index in [4.69, 9.17) is 5.73 Å². The molecule has 2 heteroatoms. The molecule has 0 unspecified atom stereocenters. The lowest BCUT2D eigenvalue weighted by atomic mass is 9.98. The molecule has 1 heterocycles. The molecular formula is C10H16N2. The van der Waals surface area contributed by atoms with Gasteiger partial charge in [0.15, 0.2) is 0 Å². The molecular weight excluding hydrogens is 148 g/mol. The standard InChI is InChI=1S/C10H16N2/c1-8(2)10-4-6-12-7-9(10)3-5-11/h4,6-8H,3,5,11H2,1-2H3. The molecule has 0 saturated heterocycles. The van der Waals surface area contributed by atoms with Crippen LogP contribution in [0.1, 0.15) is 30.9 Å². The van der Waals surface area contributed by atoms with Crippen molar-refractivity contribution in [2.45, 2.75) is 26.2 Å². The Morgan fingerprint density at radius 1 is 1.50 bits per heavy atom. The number of nitrogens with zero attached hydrogens (tertiary/aromatic N) is 1. The highest BCUT2D eigenvalue weighted by atomic mass is 14.6. The van der Waals surface area contributed by atoms with Crippen molar-refractivity contribution in [3.05, 3.63) is 29.6 Å². The molecule has 2 N–H and O–H groups in total. The van der Waals surface area contributed by atoms with Crippen LogP contribution in [0.3, 0.4) is 0 Å². The Bertz CT molecular complexity index is 243. The lowest BCUT2D eigenvalue weighted by Gasteiger charge is -2.10. The van der Waals surface area contributed by atoms with Crippen LogP contribution < -0.4 is 5.73 Å². The second-order valence-electron chi connectivity index (χ2n) is 3.27. The molecule has 0 aromatic carbocycles. The Hall–Kier alpha value is -0.890. The first-order chi connectivity index (χ1) is 5.75. The Balaban J connectivity index is 2.92. The van der Waals surface area contributed by atoms with Gasteiger partial charge in [-0.05, 0) is 36.1 Å². The number of rotatable bonds is 3. The normalized spacial score (nSPS) is 10.7. The molecule has 0 fully saturated rings. The quantitative estimate of drug-likeness (QED) is 0.738. The molecule has 0 aliphatic rings. The van der Waals surface area contributed by atoms with Gasteiger partial charge >= 0.3 is 0 Å². The van der Waals surface area contributed by atoms with Crippen LogP contribution in [0, 0.1) is 0 Å². The second kappa shape index (κ2) is 4.21. The maximum atomic E-state index is 5.50. The van der Waals surface area contributed by atoms with Gasteiger partial charge in [-0.3, -0.25) is 4.98 Å². The van der Waals surface area contributed by atoms with Crippen molar-refractivity contribution in [3.8, 4) is 0 Å². The summed E-state index contributed by atoms with van der Waals surface area (Å²) in [5.74, 6) is 0.564. The van der Waals surface area contributed by atoms with Crippen molar-refractivity contribution in [2.75, 3.05) is 6.54 Å². The number of hydrogen-bond donors (Lipinski definition) is 1. The zero-order valence-electron chi connectivity index (χ0n) is 7.75. The molecule has 66 valence electrons. The van der Waals surface area contributed by atoms with Crippen LogP contribution >= 0.6 is 0 Å². The summed E-state index contributed by atoms with van der Waals surface area (Å²) in [4.78, 5) is 4.09. The van der Waals surface area contributed by atoms with E-state index in [0.29, 0.717) is 12.5 Å². The summed E-state index contributed by atoms with van der Waals surface area (Å²) >= 11 is 0. The predicted molar refractivity (Wildman–Crippen MR) is 51.1 cm³/mol. The third-order valence-electron chi connectivity index (χ3n) is 1.98. The van der Waals surface area contributed by atoms with Gasteiger partial charge in [-0.1, -0.05) is 13.8 Å². The molecule has 1 aromatic rings. The van der Waals surface area contributed by atoms with Gasteiger partial charge in [0.1, 0.15) is 0 Å². The minimum Gasteiger partial charge on any atom is -0.330 e. The lowest BCUT2D eigenvalue weighted by molar-refractivity contribution is 0.825. The number of hydrogen-bond acceptors (Lipinski definition) is 2. The van der Waals surface area contributed by atoms with E-state index in [2.05, 4.69) is 24.9 Å². The van der Waals surface area contributed by atoms with Gasteiger partial charge in [0, 0.05) is 12.4 Å². The maximum Gasteiger partial charge on any atom is 0.0303 e. The topological polar surface area (TPSA) is 38.9 Å². The van der Waals surface area contributed by atoms with Gasteiger partial charge < -0.3 is 5.73 Å². The van der Waals surface area contributed by atoms with Crippen LogP contribution in [-0.4, -0.2) is 11.5 Å². The third-order valence-corrected chi connectivity index (χ3v) is 1.98. The highest BCUT2D eigenvalue weighted by Gasteiger charge is 2.04. The molecule has 0 atom stereocenters. The molecule has 0 aliphatic carbocycles. The van der Waals surface area contributed by atoms with Crippen LogP contribution in [0.15, 0.2) is 18.5 Å². The lowest BCUT2D eigenvalue weighted by Crippen LogP contribution is -2.06. The molecule has 0 radical (unpaired) electrons. The van der Waals surface area contributed by atoms with Crippen molar-refractivity contribution in [2.24, 2.45) is 5.73 Å². The summed E-state index contributed by atoms with van der Waals surface area (Å²) in [5, 5.41) is 0. The fraction of sp³-hybridized carbons (Fsp3) is 0.500. The predicted octanol–water partition coefficient (Wildman–Crippen LogP) is 1.71.